The van der Waals surface area contributed by atoms with Crippen LogP contribution in [0.1, 0.15) is 44.6 Å². The summed E-state index contributed by atoms with van der Waals surface area (Å²) in [4.78, 5) is 10.6. The molecule has 2 atom stereocenters. The maximum atomic E-state index is 10.9. The van der Waals surface area contributed by atoms with Crippen molar-refractivity contribution >= 4 is 27.3 Å². The van der Waals surface area contributed by atoms with Gasteiger partial charge in [0.15, 0.2) is 0 Å². The van der Waals surface area contributed by atoms with Crippen LogP contribution in [0.25, 0.3) is 0 Å². The SMILES string of the molecule is CCC1CCCCC1Nc1cc(C)c([N+](=O)[O-])cc1Br. The topological polar surface area (TPSA) is 55.2 Å². The molecule has 0 saturated heterocycles. The normalized spacial score (nSPS) is 22.6. The van der Waals surface area contributed by atoms with Crippen molar-refractivity contribution in [3.63, 3.8) is 0 Å². The maximum absolute atomic E-state index is 10.9. The third kappa shape index (κ3) is 3.32. The van der Waals surface area contributed by atoms with Crippen LogP contribution in [-0.2, 0) is 0 Å². The number of nitro benzene ring substituents is 1. The number of hydrogen-bond donors (Lipinski definition) is 1. The Hall–Kier alpha value is -1.10. The third-order valence-electron chi connectivity index (χ3n) is 4.26. The van der Waals surface area contributed by atoms with Crippen molar-refractivity contribution in [3.05, 3.63) is 32.3 Å². The van der Waals surface area contributed by atoms with Gasteiger partial charge in [-0.2, -0.15) is 0 Å². The Bertz CT molecular complexity index is 505. The van der Waals surface area contributed by atoms with Crippen LogP contribution in [0.2, 0.25) is 0 Å². The molecule has 0 spiro atoms. The van der Waals surface area contributed by atoms with Crippen LogP contribution in [0, 0.1) is 23.0 Å². The number of nitrogens with zero attached hydrogens (tertiary/aromatic N) is 1. The van der Waals surface area contributed by atoms with Gasteiger partial charge in [-0.25, -0.2) is 0 Å². The smallest absolute Gasteiger partial charge is 0.273 e. The molecule has 1 aromatic carbocycles. The summed E-state index contributed by atoms with van der Waals surface area (Å²) in [5.74, 6) is 0.700. The van der Waals surface area contributed by atoms with Gasteiger partial charge in [-0.1, -0.05) is 26.2 Å². The van der Waals surface area contributed by atoms with Gasteiger partial charge in [-0.05, 0) is 47.7 Å². The van der Waals surface area contributed by atoms with Gasteiger partial charge in [0.25, 0.3) is 5.69 Å². The number of hydrogen-bond acceptors (Lipinski definition) is 3. The van der Waals surface area contributed by atoms with Crippen LogP contribution in [0.15, 0.2) is 16.6 Å². The molecule has 0 aromatic heterocycles. The molecule has 2 rings (SSSR count). The Morgan fingerprint density at radius 2 is 2.10 bits per heavy atom. The van der Waals surface area contributed by atoms with Crippen molar-refractivity contribution in [2.24, 2.45) is 5.92 Å². The molecule has 1 saturated carbocycles. The van der Waals surface area contributed by atoms with E-state index in [0.717, 1.165) is 10.2 Å². The Kier molecular flexibility index (Phi) is 5.02. The number of rotatable bonds is 4. The fourth-order valence-corrected chi connectivity index (χ4v) is 3.51. The van der Waals surface area contributed by atoms with Crippen molar-refractivity contribution in [2.75, 3.05) is 5.32 Å². The van der Waals surface area contributed by atoms with E-state index in [2.05, 4.69) is 28.2 Å². The second kappa shape index (κ2) is 6.57. The molecule has 5 heteroatoms. The lowest BCUT2D eigenvalue weighted by Gasteiger charge is -2.32. The molecular formula is C15H21BrN2O2. The van der Waals surface area contributed by atoms with E-state index >= 15 is 0 Å². The van der Waals surface area contributed by atoms with Crippen LogP contribution in [-0.4, -0.2) is 11.0 Å². The third-order valence-corrected chi connectivity index (χ3v) is 4.91. The van der Waals surface area contributed by atoms with Gasteiger partial charge in [0.2, 0.25) is 0 Å². The summed E-state index contributed by atoms with van der Waals surface area (Å²) in [5, 5.41) is 14.5. The van der Waals surface area contributed by atoms with Gasteiger partial charge >= 0.3 is 0 Å². The summed E-state index contributed by atoms with van der Waals surface area (Å²) in [7, 11) is 0. The summed E-state index contributed by atoms with van der Waals surface area (Å²) in [5.41, 5.74) is 1.83. The first-order chi connectivity index (χ1) is 9.52. The van der Waals surface area contributed by atoms with E-state index in [1.807, 2.05) is 6.07 Å². The van der Waals surface area contributed by atoms with E-state index in [4.69, 9.17) is 0 Å². The largest absolute Gasteiger partial charge is 0.381 e. The predicted octanol–water partition coefficient (Wildman–Crippen LogP) is 5.05. The number of aryl methyl sites for hydroxylation is 1. The highest BCUT2D eigenvalue weighted by Crippen LogP contribution is 2.34. The second-order valence-corrected chi connectivity index (χ2v) is 6.43. The molecule has 1 aliphatic rings. The first-order valence-corrected chi connectivity index (χ1v) is 8.03. The number of benzene rings is 1. The van der Waals surface area contributed by atoms with Crippen LogP contribution in [0.5, 0.6) is 0 Å². The molecule has 1 aliphatic carbocycles. The van der Waals surface area contributed by atoms with Crippen molar-refractivity contribution < 1.29 is 4.92 Å². The van der Waals surface area contributed by atoms with Crippen molar-refractivity contribution in [1.82, 2.24) is 0 Å². The number of anilines is 1. The lowest BCUT2D eigenvalue weighted by atomic mass is 9.83. The lowest BCUT2D eigenvalue weighted by molar-refractivity contribution is -0.385. The monoisotopic (exact) mass is 340 g/mol. The van der Waals surface area contributed by atoms with Gasteiger partial charge in [0, 0.05) is 27.8 Å². The molecule has 0 radical (unpaired) electrons. The molecule has 0 bridgehead atoms. The second-order valence-electron chi connectivity index (χ2n) is 5.58. The standard InChI is InChI=1S/C15H21BrN2O2/c1-3-11-6-4-5-7-13(11)17-14-8-10(2)15(18(19)20)9-12(14)16/h8-9,11,13,17H,3-7H2,1-2H3. The molecule has 0 amide bonds. The molecule has 1 N–H and O–H groups in total. The summed E-state index contributed by atoms with van der Waals surface area (Å²) in [6.45, 7) is 4.02. The zero-order valence-electron chi connectivity index (χ0n) is 12.0. The maximum Gasteiger partial charge on any atom is 0.273 e. The average molecular weight is 341 g/mol. The van der Waals surface area contributed by atoms with Gasteiger partial charge in [0.1, 0.15) is 0 Å². The molecule has 110 valence electrons. The molecule has 0 aliphatic heterocycles. The van der Waals surface area contributed by atoms with E-state index in [1.165, 1.54) is 32.1 Å². The Morgan fingerprint density at radius 3 is 2.75 bits per heavy atom. The van der Waals surface area contributed by atoms with Crippen LogP contribution < -0.4 is 5.32 Å². The average Bonchev–Trinajstić information content (AvgIpc) is 2.42. The van der Waals surface area contributed by atoms with Crippen molar-refractivity contribution in [1.29, 1.82) is 0 Å². The Morgan fingerprint density at radius 1 is 1.40 bits per heavy atom. The van der Waals surface area contributed by atoms with E-state index in [9.17, 15) is 10.1 Å². The molecule has 0 heterocycles. The summed E-state index contributed by atoms with van der Waals surface area (Å²) < 4.78 is 0.773. The highest BCUT2D eigenvalue weighted by molar-refractivity contribution is 9.10. The molecule has 1 aromatic rings. The minimum Gasteiger partial charge on any atom is -0.381 e. The first-order valence-electron chi connectivity index (χ1n) is 7.24. The first kappa shape index (κ1) is 15.3. The number of halogens is 1. The fourth-order valence-electron chi connectivity index (χ4n) is 3.06. The lowest BCUT2D eigenvalue weighted by Crippen LogP contribution is -2.31. The molecule has 1 fully saturated rings. The predicted molar refractivity (Wildman–Crippen MR) is 85.2 cm³/mol. The quantitative estimate of drug-likeness (QED) is 0.616. The van der Waals surface area contributed by atoms with E-state index in [-0.39, 0.29) is 10.6 Å². The zero-order chi connectivity index (χ0) is 14.7. The number of nitro groups is 1. The van der Waals surface area contributed by atoms with Gasteiger partial charge in [-0.3, -0.25) is 10.1 Å². The highest BCUT2D eigenvalue weighted by Gasteiger charge is 2.24. The fraction of sp³-hybridized carbons (Fsp3) is 0.600. The molecule has 2 unspecified atom stereocenters. The summed E-state index contributed by atoms with van der Waals surface area (Å²) >= 11 is 3.45. The minimum absolute atomic E-state index is 0.165. The van der Waals surface area contributed by atoms with E-state index in [0.29, 0.717) is 17.5 Å². The van der Waals surface area contributed by atoms with E-state index in [1.54, 1.807) is 13.0 Å². The van der Waals surface area contributed by atoms with Gasteiger partial charge in [-0.15, -0.1) is 0 Å². The van der Waals surface area contributed by atoms with E-state index < -0.39 is 0 Å². The number of nitrogens with one attached hydrogen (secondary N) is 1. The molecular weight excluding hydrogens is 320 g/mol. The zero-order valence-corrected chi connectivity index (χ0v) is 13.6. The highest BCUT2D eigenvalue weighted by atomic mass is 79.9. The van der Waals surface area contributed by atoms with Crippen LogP contribution >= 0.6 is 15.9 Å². The van der Waals surface area contributed by atoms with Crippen molar-refractivity contribution in [2.45, 2.75) is 52.0 Å². The summed E-state index contributed by atoms with van der Waals surface area (Å²) in [6.07, 6.45) is 6.22. The van der Waals surface area contributed by atoms with Crippen LogP contribution in [0.4, 0.5) is 11.4 Å². The van der Waals surface area contributed by atoms with Gasteiger partial charge < -0.3 is 5.32 Å². The Labute approximate surface area is 128 Å². The van der Waals surface area contributed by atoms with Gasteiger partial charge in [0.05, 0.1) is 4.92 Å². The van der Waals surface area contributed by atoms with Crippen molar-refractivity contribution in [3.8, 4) is 0 Å². The Balaban J connectivity index is 2.20. The molecule has 20 heavy (non-hydrogen) atoms. The van der Waals surface area contributed by atoms with Crippen LogP contribution in [0.3, 0.4) is 0 Å². The summed E-state index contributed by atoms with van der Waals surface area (Å²) in [6, 6.07) is 3.95. The molecule has 4 nitrogen and oxygen atoms in total. The minimum atomic E-state index is -0.334.